The summed E-state index contributed by atoms with van der Waals surface area (Å²) in [7, 11) is 0. The molecule has 1 fully saturated rings. The van der Waals surface area contributed by atoms with E-state index in [0.717, 1.165) is 10.1 Å². The number of hydrogen-bond acceptors (Lipinski definition) is 3. The Morgan fingerprint density at radius 2 is 2.11 bits per heavy atom. The fourth-order valence-corrected chi connectivity index (χ4v) is 3.70. The van der Waals surface area contributed by atoms with Crippen LogP contribution in [0.5, 0.6) is 0 Å². The highest BCUT2D eigenvalue weighted by atomic mass is 35.5. The average Bonchev–Trinajstić information content (AvgIpc) is 3.09. The maximum atomic E-state index is 6.04. The van der Waals surface area contributed by atoms with E-state index in [-0.39, 0.29) is 6.04 Å². The van der Waals surface area contributed by atoms with E-state index in [4.69, 9.17) is 16.0 Å². The van der Waals surface area contributed by atoms with Gasteiger partial charge < -0.3 is 9.73 Å². The van der Waals surface area contributed by atoms with Crippen molar-refractivity contribution >= 4 is 22.9 Å². The fraction of sp³-hybridized carbons (Fsp3) is 0.429. The molecule has 18 heavy (non-hydrogen) atoms. The van der Waals surface area contributed by atoms with Crippen LogP contribution in [0.3, 0.4) is 0 Å². The maximum Gasteiger partial charge on any atom is 0.126 e. The van der Waals surface area contributed by atoms with Crippen molar-refractivity contribution in [3.63, 3.8) is 0 Å². The van der Waals surface area contributed by atoms with Crippen LogP contribution in [0.25, 0.3) is 0 Å². The van der Waals surface area contributed by atoms with Gasteiger partial charge in [-0.1, -0.05) is 24.4 Å². The largest absolute Gasteiger partial charge is 0.467 e. The van der Waals surface area contributed by atoms with Crippen molar-refractivity contribution in [2.45, 2.75) is 37.8 Å². The first-order chi connectivity index (χ1) is 8.83. The lowest BCUT2D eigenvalue weighted by molar-refractivity contribution is 0.409. The zero-order valence-corrected chi connectivity index (χ0v) is 11.6. The van der Waals surface area contributed by atoms with Crippen molar-refractivity contribution in [2.75, 3.05) is 0 Å². The summed E-state index contributed by atoms with van der Waals surface area (Å²) < 4.78 is 6.40. The van der Waals surface area contributed by atoms with Crippen LogP contribution in [-0.2, 0) is 0 Å². The molecule has 0 aliphatic heterocycles. The minimum absolute atomic E-state index is 0.139. The zero-order chi connectivity index (χ0) is 12.4. The number of rotatable bonds is 4. The first kappa shape index (κ1) is 12.3. The van der Waals surface area contributed by atoms with Crippen LogP contribution < -0.4 is 5.32 Å². The van der Waals surface area contributed by atoms with Gasteiger partial charge in [-0.25, -0.2) is 0 Å². The molecule has 4 heteroatoms. The van der Waals surface area contributed by atoms with Gasteiger partial charge in [0.25, 0.3) is 0 Å². The monoisotopic (exact) mass is 281 g/mol. The Kier molecular flexibility index (Phi) is 3.73. The van der Waals surface area contributed by atoms with Gasteiger partial charge in [-0.15, -0.1) is 11.3 Å². The molecule has 0 radical (unpaired) electrons. The molecule has 1 saturated carbocycles. The van der Waals surface area contributed by atoms with Crippen molar-refractivity contribution < 1.29 is 4.42 Å². The summed E-state index contributed by atoms with van der Waals surface area (Å²) in [6.07, 6.45) is 6.90. The number of halogens is 1. The molecule has 1 N–H and O–H groups in total. The number of furan rings is 1. The molecule has 2 nitrogen and oxygen atoms in total. The molecule has 0 bridgehead atoms. The Labute approximate surface area is 116 Å². The van der Waals surface area contributed by atoms with Gasteiger partial charge in [-0.3, -0.25) is 0 Å². The van der Waals surface area contributed by atoms with Crippen LogP contribution in [0, 0.1) is 0 Å². The van der Waals surface area contributed by atoms with Crippen molar-refractivity contribution in [3.05, 3.63) is 45.5 Å². The Balaban J connectivity index is 1.83. The molecule has 3 rings (SSSR count). The summed E-state index contributed by atoms with van der Waals surface area (Å²) in [6.45, 7) is 0. The van der Waals surface area contributed by atoms with E-state index in [1.807, 2.05) is 18.2 Å². The Morgan fingerprint density at radius 1 is 1.28 bits per heavy atom. The van der Waals surface area contributed by atoms with Crippen LogP contribution in [0.1, 0.15) is 42.4 Å². The molecule has 1 aliphatic carbocycles. The number of thiophene rings is 1. The summed E-state index contributed by atoms with van der Waals surface area (Å²) in [5, 5.41) is 3.71. The molecule has 1 unspecified atom stereocenters. The van der Waals surface area contributed by atoms with Crippen LogP contribution in [0.2, 0.25) is 4.34 Å². The summed E-state index contributed by atoms with van der Waals surface area (Å²) >= 11 is 7.66. The molecule has 0 amide bonds. The Bertz CT molecular complexity index is 488. The summed E-state index contributed by atoms with van der Waals surface area (Å²) in [5.41, 5.74) is 0. The van der Waals surface area contributed by atoms with Gasteiger partial charge in [0, 0.05) is 10.9 Å². The van der Waals surface area contributed by atoms with Gasteiger partial charge >= 0.3 is 0 Å². The molecule has 0 spiro atoms. The van der Waals surface area contributed by atoms with Crippen molar-refractivity contribution in [1.82, 2.24) is 5.32 Å². The second-order valence-corrected chi connectivity index (χ2v) is 6.49. The molecular weight excluding hydrogens is 266 g/mol. The van der Waals surface area contributed by atoms with Gasteiger partial charge in [0.1, 0.15) is 11.8 Å². The van der Waals surface area contributed by atoms with Gasteiger partial charge in [0.2, 0.25) is 0 Å². The topological polar surface area (TPSA) is 25.2 Å². The zero-order valence-electron chi connectivity index (χ0n) is 10.1. The number of hydrogen-bond donors (Lipinski definition) is 1. The third-order valence-corrected chi connectivity index (χ3v) is 4.76. The highest BCUT2D eigenvalue weighted by Crippen LogP contribution is 2.33. The molecule has 1 aliphatic rings. The summed E-state index contributed by atoms with van der Waals surface area (Å²) in [4.78, 5) is 1.22. The number of nitrogens with one attached hydrogen (secondary N) is 1. The molecule has 1 atom stereocenters. The highest BCUT2D eigenvalue weighted by molar-refractivity contribution is 7.16. The van der Waals surface area contributed by atoms with E-state index in [1.54, 1.807) is 17.6 Å². The minimum Gasteiger partial charge on any atom is -0.467 e. The summed E-state index contributed by atoms with van der Waals surface area (Å²) in [5.74, 6) is 0.973. The van der Waals surface area contributed by atoms with E-state index in [1.165, 1.54) is 30.6 Å². The van der Waals surface area contributed by atoms with Gasteiger partial charge in [-0.05, 0) is 37.1 Å². The lowest BCUT2D eigenvalue weighted by atomic mass is 10.1. The Morgan fingerprint density at radius 3 is 2.72 bits per heavy atom. The van der Waals surface area contributed by atoms with Crippen LogP contribution >= 0.6 is 22.9 Å². The third-order valence-electron chi connectivity index (χ3n) is 3.46. The predicted molar refractivity (Wildman–Crippen MR) is 75.3 cm³/mol. The third kappa shape index (κ3) is 2.63. The smallest absolute Gasteiger partial charge is 0.126 e. The fourth-order valence-electron chi connectivity index (χ4n) is 2.57. The lowest BCUT2D eigenvalue weighted by Gasteiger charge is -2.20. The van der Waals surface area contributed by atoms with Gasteiger partial charge in [0.15, 0.2) is 0 Å². The molecular formula is C14H16ClNOS. The van der Waals surface area contributed by atoms with Crippen molar-refractivity contribution in [2.24, 2.45) is 0 Å². The quantitative estimate of drug-likeness (QED) is 0.885. The standard InChI is InChI=1S/C14H16ClNOS/c15-13-8-7-12(18-13)14(11-6-3-9-17-11)16-10-4-1-2-5-10/h3,6-10,14,16H,1-2,4-5H2. The molecule has 2 aromatic rings. The molecule has 96 valence electrons. The van der Waals surface area contributed by atoms with Crippen molar-refractivity contribution in [1.29, 1.82) is 0 Å². The average molecular weight is 282 g/mol. The highest BCUT2D eigenvalue weighted by Gasteiger charge is 2.24. The predicted octanol–water partition coefficient (Wildman–Crippen LogP) is 4.62. The molecule has 2 heterocycles. The lowest BCUT2D eigenvalue weighted by Crippen LogP contribution is -2.30. The first-order valence-electron chi connectivity index (χ1n) is 6.37. The Hall–Kier alpha value is -0.770. The molecule has 0 aromatic carbocycles. The molecule has 0 saturated heterocycles. The summed E-state index contributed by atoms with van der Waals surface area (Å²) in [6, 6.07) is 8.74. The van der Waals surface area contributed by atoms with Gasteiger partial charge in [-0.2, -0.15) is 0 Å². The van der Waals surface area contributed by atoms with Crippen LogP contribution in [-0.4, -0.2) is 6.04 Å². The normalized spacial score (nSPS) is 18.3. The first-order valence-corrected chi connectivity index (χ1v) is 7.57. The minimum atomic E-state index is 0.139. The van der Waals surface area contributed by atoms with Crippen molar-refractivity contribution in [3.8, 4) is 0 Å². The molecule has 2 aromatic heterocycles. The maximum absolute atomic E-state index is 6.04. The SMILES string of the molecule is Clc1ccc(C(NC2CCCC2)c2ccco2)s1. The second kappa shape index (κ2) is 5.47. The van der Waals surface area contributed by atoms with Gasteiger partial charge in [0.05, 0.1) is 10.6 Å². The van der Waals surface area contributed by atoms with E-state index < -0.39 is 0 Å². The van der Waals surface area contributed by atoms with E-state index in [9.17, 15) is 0 Å². The van der Waals surface area contributed by atoms with E-state index >= 15 is 0 Å². The van der Waals surface area contributed by atoms with E-state index in [0.29, 0.717) is 6.04 Å². The second-order valence-electron chi connectivity index (χ2n) is 4.74. The van der Waals surface area contributed by atoms with E-state index in [2.05, 4.69) is 11.4 Å². The van der Waals surface area contributed by atoms with Crippen LogP contribution in [0.4, 0.5) is 0 Å². The van der Waals surface area contributed by atoms with Crippen LogP contribution in [0.15, 0.2) is 34.9 Å².